The summed E-state index contributed by atoms with van der Waals surface area (Å²) in [5.74, 6) is 0. The number of anilines is 3. The van der Waals surface area contributed by atoms with Gasteiger partial charge in [-0.3, -0.25) is 0 Å². The van der Waals surface area contributed by atoms with Gasteiger partial charge in [0.2, 0.25) is 0 Å². The van der Waals surface area contributed by atoms with Crippen molar-refractivity contribution in [2.24, 2.45) is 0 Å². The van der Waals surface area contributed by atoms with E-state index in [0.717, 1.165) is 39.0 Å². The third-order valence-corrected chi connectivity index (χ3v) is 13.8. The molecule has 0 amide bonds. The molecule has 8 aromatic carbocycles. The molecule has 10 aromatic rings. The summed E-state index contributed by atoms with van der Waals surface area (Å²) in [5, 5.41) is 7.76. The Bertz CT molecular complexity index is 3050. The first-order chi connectivity index (χ1) is 25.5. The molecule has 3 heteroatoms. The molecule has 0 atom stereocenters. The molecular weight excluding hydrogens is 698 g/mol. The Kier molecular flexibility index (Phi) is 6.35. The second-order valence-corrected chi connectivity index (χ2v) is 16.7. The van der Waals surface area contributed by atoms with Crippen molar-refractivity contribution in [1.29, 1.82) is 0 Å². The topological polar surface area (TPSA) is 16.4 Å². The molecule has 0 N–H and O–H groups in total. The normalized spacial score (nSPS) is 13.3. The first-order valence-electron chi connectivity index (χ1n) is 17.9. The summed E-state index contributed by atoms with van der Waals surface area (Å²) in [5.41, 5.74) is 12.8. The van der Waals surface area contributed by atoms with Crippen molar-refractivity contribution in [1.82, 2.24) is 0 Å². The molecule has 2 nitrogen and oxygen atoms in total. The molecule has 2 heterocycles. The predicted molar refractivity (Wildman–Crippen MR) is 221 cm³/mol. The van der Waals surface area contributed by atoms with Gasteiger partial charge in [0.15, 0.2) is 0 Å². The van der Waals surface area contributed by atoms with E-state index in [4.69, 9.17) is 4.42 Å². The van der Waals surface area contributed by atoms with Crippen LogP contribution in [-0.2, 0) is 5.41 Å². The van der Waals surface area contributed by atoms with E-state index in [1.54, 1.807) is 0 Å². The van der Waals surface area contributed by atoms with Crippen LogP contribution in [0.25, 0.3) is 74.3 Å². The molecule has 1 aliphatic carbocycles. The first kappa shape index (κ1) is 29.8. The van der Waals surface area contributed by atoms with Gasteiger partial charge in [-0.15, -0.1) is 0 Å². The quantitative estimate of drug-likeness (QED) is 0.168. The van der Waals surface area contributed by atoms with Crippen molar-refractivity contribution in [3.8, 4) is 22.3 Å². The average molecular weight is 731 g/mol. The van der Waals surface area contributed by atoms with Crippen LogP contribution in [0.4, 0.5) is 17.1 Å². The number of rotatable bonds is 4. The van der Waals surface area contributed by atoms with E-state index < -0.39 is 0 Å². The number of benzene rings is 8. The first-order valence-corrected chi connectivity index (χ1v) is 19.6. The minimum atomic E-state index is -0.0970. The van der Waals surface area contributed by atoms with E-state index in [1.807, 2.05) is 12.1 Å². The van der Waals surface area contributed by atoms with Crippen LogP contribution in [0.2, 0.25) is 0 Å². The van der Waals surface area contributed by atoms with Gasteiger partial charge in [0.1, 0.15) is 11.2 Å². The Balaban J connectivity index is 1.03. The van der Waals surface area contributed by atoms with Crippen molar-refractivity contribution >= 4 is 83.6 Å². The SMILES string of the molecule is CC1(C)c2ccccc2-c2ccc(N(c3ccc(-c4ccc5c(ccc6c7ccccc7[se]c56)c4)cc3)c3ccc4c(c3)oc3ccccc34)cc21. The summed E-state index contributed by atoms with van der Waals surface area (Å²) in [6.45, 7) is 4.69. The Morgan fingerprint density at radius 3 is 2.02 bits per heavy atom. The molecule has 0 spiro atoms. The number of hydrogen-bond donors (Lipinski definition) is 0. The van der Waals surface area contributed by atoms with Gasteiger partial charge >= 0.3 is 181 Å². The molecule has 0 saturated carbocycles. The molecule has 52 heavy (non-hydrogen) atoms. The molecule has 246 valence electrons. The number of furan rings is 1. The molecule has 0 aliphatic heterocycles. The van der Waals surface area contributed by atoms with Gasteiger partial charge in [0.25, 0.3) is 0 Å². The average Bonchev–Trinajstić information content (AvgIpc) is 3.83. The number of hydrogen-bond acceptors (Lipinski definition) is 2. The molecule has 2 aromatic heterocycles. The second kappa shape index (κ2) is 11.1. The van der Waals surface area contributed by atoms with Gasteiger partial charge < -0.3 is 4.42 Å². The fourth-order valence-corrected chi connectivity index (χ4v) is 11.2. The van der Waals surface area contributed by atoms with Crippen LogP contribution in [0.1, 0.15) is 25.0 Å². The van der Waals surface area contributed by atoms with Crippen molar-refractivity contribution in [3.63, 3.8) is 0 Å². The fraction of sp³-hybridized carbons (Fsp3) is 0.0612. The van der Waals surface area contributed by atoms with Crippen LogP contribution in [0.3, 0.4) is 0 Å². The van der Waals surface area contributed by atoms with Crippen LogP contribution < -0.4 is 4.90 Å². The number of para-hydroxylation sites is 1. The van der Waals surface area contributed by atoms with Crippen LogP contribution in [0, 0.1) is 0 Å². The van der Waals surface area contributed by atoms with Gasteiger partial charge in [-0.25, -0.2) is 0 Å². The summed E-state index contributed by atoms with van der Waals surface area (Å²) in [7, 11) is 0. The van der Waals surface area contributed by atoms with Gasteiger partial charge in [-0.2, -0.15) is 0 Å². The summed E-state index contributed by atoms with van der Waals surface area (Å²) < 4.78 is 9.39. The van der Waals surface area contributed by atoms with Gasteiger partial charge in [-0.05, 0) is 34.4 Å². The maximum atomic E-state index is 6.40. The Morgan fingerprint density at radius 1 is 0.462 bits per heavy atom. The molecule has 0 radical (unpaired) electrons. The Morgan fingerprint density at radius 2 is 1.12 bits per heavy atom. The molecule has 0 saturated heterocycles. The molecule has 11 rings (SSSR count). The fourth-order valence-electron chi connectivity index (χ4n) is 8.63. The monoisotopic (exact) mass is 731 g/mol. The zero-order valence-electron chi connectivity index (χ0n) is 28.9. The van der Waals surface area contributed by atoms with Crippen molar-refractivity contribution in [3.05, 3.63) is 175 Å². The zero-order chi connectivity index (χ0) is 34.6. The van der Waals surface area contributed by atoms with Gasteiger partial charge in [0.05, 0.1) is 0 Å². The van der Waals surface area contributed by atoms with E-state index in [1.165, 1.54) is 63.4 Å². The van der Waals surface area contributed by atoms with Crippen LogP contribution >= 0.6 is 0 Å². The minimum Gasteiger partial charge on any atom is -0.456 e. The van der Waals surface area contributed by atoms with Crippen molar-refractivity contribution in [2.75, 3.05) is 4.90 Å². The maximum absolute atomic E-state index is 6.40. The summed E-state index contributed by atoms with van der Waals surface area (Å²) in [4.78, 5) is 2.37. The molecule has 0 fully saturated rings. The van der Waals surface area contributed by atoms with Crippen molar-refractivity contribution < 1.29 is 4.42 Å². The van der Waals surface area contributed by atoms with E-state index in [2.05, 4.69) is 170 Å². The third kappa shape index (κ3) is 4.37. The van der Waals surface area contributed by atoms with E-state index in [0.29, 0.717) is 14.5 Å². The van der Waals surface area contributed by atoms with Crippen molar-refractivity contribution in [2.45, 2.75) is 19.3 Å². The van der Waals surface area contributed by atoms with E-state index in [-0.39, 0.29) is 5.41 Å². The minimum absolute atomic E-state index is 0.0970. The number of fused-ring (bicyclic) bond motifs is 11. The predicted octanol–water partition coefficient (Wildman–Crippen LogP) is 13.5. The van der Waals surface area contributed by atoms with E-state index in [9.17, 15) is 0 Å². The van der Waals surface area contributed by atoms with Crippen LogP contribution in [0.15, 0.2) is 168 Å². The van der Waals surface area contributed by atoms with E-state index >= 15 is 0 Å². The summed E-state index contributed by atoms with van der Waals surface area (Å²) in [6.07, 6.45) is 0. The molecular formula is C49H33NOSe. The van der Waals surface area contributed by atoms with Crippen LogP contribution in [-0.4, -0.2) is 14.5 Å². The Hall–Kier alpha value is -5.86. The van der Waals surface area contributed by atoms with Crippen LogP contribution in [0.5, 0.6) is 0 Å². The second-order valence-electron chi connectivity index (χ2n) is 14.5. The standard InChI is InChI=1S/C49H33NOSe/c1-49(2)43-12-6-3-9-37(43)38-25-21-34(28-44(38)49)50(35-22-26-40-39-10-4-7-13-45(39)51-46(40)29-35)33-19-15-30(16-20-33)31-17-23-36-32(27-31)18-24-42-41-11-5-8-14-47(41)52-48(36)42/h3-29H,1-2H3. The molecule has 0 unspecified atom stereocenters. The third-order valence-electron chi connectivity index (χ3n) is 11.3. The zero-order valence-corrected chi connectivity index (χ0v) is 30.6. The van der Waals surface area contributed by atoms with Gasteiger partial charge in [0, 0.05) is 16.2 Å². The smallest absolute Gasteiger partial charge is 0.456 e. The number of nitrogens with zero attached hydrogens (tertiary/aromatic N) is 1. The Labute approximate surface area is 307 Å². The van der Waals surface area contributed by atoms with Gasteiger partial charge in [-0.1, -0.05) is 62.4 Å². The summed E-state index contributed by atoms with van der Waals surface area (Å²) in [6, 6.07) is 60.3. The molecule has 1 aliphatic rings. The molecule has 0 bridgehead atoms. The summed E-state index contributed by atoms with van der Waals surface area (Å²) >= 11 is 0.332.